The van der Waals surface area contributed by atoms with Crippen LogP contribution in [0.2, 0.25) is 0 Å². The number of amides is 1. The number of carboxylic acid groups (broad SMARTS) is 1. The van der Waals surface area contributed by atoms with E-state index in [1.165, 1.54) is 11.0 Å². The number of hydrogen-bond donors (Lipinski definition) is 1. The van der Waals surface area contributed by atoms with Crippen LogP contribution in [0.15, 0.2) is 24.3 Å². The fourth-order valence-electron chi connectivity index (χ4n) is 3.13. The van der Waals surface area contributed by atoms with Gasteiger partial charge in [0.15, 0.2) is 0 Å². The van der Waals surface area contributed by atoms with Crippen LogP contribution < -0.4 is 4.90 Å². The molecule has 1 aromatic carbocycles. The molecule has 21 heavy (non-hydrogen) atoms. The third-order valence-corrected chi connectivity index (χ3v) is 4.36. The maximum Gasteiger partial charge on any atom is 0.415 e. The number of carbonyl (C=O) groups excluding carboxylic acids is 1. The van der Waals surface area contributed by atoms with Gasteiger partial charge in [-0.05, 0) is 37.8 Å². The Kier molecular flexibility index (Phi) is 3.31. The summed E-state index contributed by atoms with van der Waals surface area (Å²) in [5, 5.41) is 9.02. The minimum absolute atomic E-state index is 0.208. The van der Waals surface area contributed by atoms with E-state index in [9.17, 15) is 14.0 Å². The lowest BCUT2D eigenvalue weighted by Crippen LogP contribution is -2.40. The molecule has 1 N–H and O–H groups in total. The average Bonchev–Trinajstić information content (AvgIpc) is 2.76. The van der Waals surface area contributed by atoms with Crippen molar-refractivity contribution in [2.45, 2.75) is 31.3 Å². The molecule has 1 aromatic rings. The highest BCUT2D eigenvalue weighted by Gasteiger charge is 2.48. The SMILES string of the molecule is O=C(O)C1CCC2(CC1)CN(c1ccccc1F)C(=O)O2. The molecule has 5 nitrogen and oxygen atoms in total. The lowest BCUT2D eigenvalue weighted by Gasteiger charge is -2.33. The van der Waals surface area contributed by atoms with Crippen LogP contribution in [0.3, 0.4) is 0 Å². The van der Waals surface area contributed by atoms with E-state index < -0.39 is 23.5 Å². The maximum absolute atomic E-state index is 13.8. The van der Waals surface area contributed by atoms with Crippen LogP contribution in [0.1, 0.15) is 25.7 Å². The van der Waals surface area contributed by atoms with Crippen LogP contribution in [-0.2, 0) is 9.53 Å². The molecule has 1 amide bonds. The molecule has 1 spiro atoms. The van der Waals surface area contributed by atoms with Gasteiger partial charge < -0.3 is 9.84 Å². The average molecular weight is 293 g/mol. The summed E-state index contributed by atoms with van der Waals surface area (Å²) >= 11 is 0. The second kappa shape index (κ2) is 5.02. The summed E-state index contributed by atoms with van der Waals surface area (Å²) in [4.78, 5) is 24.3. The molecule has 1 heterocycles. The predicted octanol–water partition coefficient (Wildman–Crippen LogP) is 2.80. The fourth-order valence-corrected chi connectivity index (χ4v) is 3.13. The number of rotatable bonds is 2. The Labute approximate surface area is 121 Å². The van der Waals surface area contributed by atoms with E-state index in [-0.39, 0.29) is 18.2 Å². The fraction of sp³-hybridized carbons (Fsp3) is 0.467. The summed E-state index contributed by atoms with van der Waals surface area (Å²) in [6, 6.07) is 6.07. The highest BCUT2D eigenvalue weighted by Crippen LogP contribution is 2.41. The van der Waals surface area contributed by atoms with Gasteiger partial charge in [0, 0.05) is 0 Å². The van der Waals surface area contributed by atoms with Gasteiger partial charge in [0.1, 0.15) is 11.4 Å². The first-order valence-electron chi connectivity index (χ1n) is 6.99. The van der Waals surface area contributed by atoms with Crippen molar-refractivity contribution in [3.05, 3.63) is 30.1 Å². The van der Waals surface area contributed by atoms with Gasteiger partial charge in [0.25, 0.3) is 0 Å². The van der Waals surface area contributed by atoms with Gasteiger partial charge in [0.05, 0.1) is 18.2 Å². The van der Waals surface area contributed by atoms with Crippen molar-refractivity contribution >= 4 is 17.7 Å². The monoisotopic (exact) mass is 293 g/mol. The van der Waals surface area contributed by atoms with E-state index in [4.69, 9.17) is 9.84 Å². The van der Waals surface area contributed by atoms with Gasteiger partial charge in [-0.15, -0.1) is 0 Å². The summed E-state index contributed by atoms with van der Waals surface area (Å²) < 4.78 is 19.3. The van der Waals surface area contributed by atoms with Crippen molar-refractivity contribution in [1.82, 2.24) is 0 Å². The van der Waals surface area contributed by atoms with Gasteiger partial charge in [-0.1, -0.05) is 12.1 Å². The Morgan fingerprint density at radius 2 is 2.00 bits per heavy atom. The van der Waals surface area contributed by atoms with E-state index in [2.05, 4.69) is 0 Å². The van der Waals surface area contributed by atoms with E-state index in [0.29, 0.717) is 25.7 Å². The molecule has 2 aliphatic rings. The molecule has 1 aliphatic carbocycles. The molecule has 0 atom stereocenters. The Morgan fingerprint density at radius 1 is 1.33 bits per heavy atom. The van der Waals surface area contributed by atoms with Crippen molar-refractivity contribution in [3.8, 4) is 0 Å². The number of para-hydroxylation sites is 1. The minimum atomic E-state index is -0.805. The van der Waals surface area contributed by atoms with E-state index in [1.54, 1.807) is 18.2 Å². The van der Waals surface area contributed by atoms with E-state index in [1.807, 2.05) is 0 Å². The lowest BCUT2D eigenvalue weighted by atomic mass is 9.79. The topological polar surface area (TPSA) is 66.8 Å². The summed E-state index contributed by atoms with van der Waals surface area (Å²) in [5.74, 6) is -1.65. The first-order chi connectivity index (χ1) is 10.0. The molecule has 1 saturated carbocycles. The zero-order chi connectivity index (χ0) is 15.0. The van der Waals surface area contributed by atoms with Gasteiger partial charge >= 0.3 is 12.1 Å². The number of nitrogens with zero attached hydrogens (tertiary/aromatic N) is 1. The van der Waals surface area contributed by atoms with Gasteiger partial charge in [0.2, 0.25) is 0 Å². The van der Waals surface area contributed by atoms with Crippen molar-refractivity contribution in [1.29, 1.82) is 0 Å². The molecular formula is C15H16FNO4. The van der Waals surface area contributed by atoms with Crippen molar-refractivity contribution < 1.29 is 23.8 Å². The van der Waals surface area contributed by atoms with Crippen LogP contribution >= 0.6 is 0 Å². The van der Waals surface area contributed by atoms with Crippen LogP contribution in [0.25, 0.3) is 0 Å². The highest BCUT2D eigenvalue weighted by molar-refractivity contribution is 5.90. The molecule has 0 radical (unpaired) electrons. The zero-order valence-corrected chi connectivity index (χ0v) is 11.4. The normalized spacial score (nSPS) is 28.7. The zero-order valence-electron chi connectivity index (χ0n) is 11.4. The smallest absolute Gasteiger partial charge is 0.415 e. The van der Waals surface area contributed by atoms with Crippen LogP contribution in [-0.4, -0.2) is 29.3 Å². The number of aliphatic carboxylic acids is 1. The summed E-state index contributed by atoms with van der Waals surface area (Å²) in [5.41, 5.74) is -0.467. The number of carboxylic acids is 1. The number of benzene rings is 1. The highest BCUT2D eigenvalue weighted by atomic mass is 19.1. The molecule has 0 unspecified atom stereocenters. The molecule has 0 aromatic heterocycles. The second-order valence-corrected chi connectivity index (χ2v) is 5.70. The number of halogens is 1. The lowest BCUT2D eigenvalue weighted by molar-refractivity contribution is -0.144. The number of hydrogen-bond acceptors (Lipinski definition) is 3. The van der Waals surface area contributed by atoms with Gasteiger partial charge in [-0.2, -0.15) is 0 Å². The van der Waals surface area contributed by atoms with Gasteiger partial charge in [-0.25, -0.2) is 9.18 Å². The van der Waals surface area contributed by atoms with Crippen molar-refractivity contribution in [2.24, 2.45) is 5.92 Å². The minimum Gasteiger partial charge on any atom is -0.481 e. The largest absolute Gasteiger partial charge is 0.481 e. The summed E-state index contributed by atoms with van der Waals surface area (Å²) in [6.45, 7) is 0.277. The number of anilines is 1. The van der Waals surface area contributed by atoms with Crippen LogP contribution in [0.4, 0.5) is 14.9 Å². The van der Waals surface area contributed by atoms with Crippen molar-refractivity contribution in [3.63, 3.8) is 0 Å². The number of carbonyl (C=O) groups is 2. The van der Waals surface area contributed by atoms with Gasteiger partial charge in [-0.3, -0.25) is 9.69 Å². The molecule has 0 bridgehead atoms. The van der Waals surface area contributed by atoms with Crippen molar-refractivity contribution in [2.75, 3.05) is 11.4 Å². The number of ether oxygens (including phenoxy) is 1. The molecular weight excluding hydrogens is 277 g/mol. The predicted molar refractivity (Wildman–Crippen MR) is 72.6 cm³/mol. The maximum atomic E-state index is 13.8. The third-order valence-electron chi connectivity index (χ3n) is 4.36. The Bertz CT molecular complexity index is 581. The van der Waals surface area contributed by atoms with E-state index >= 15 is 0 Å². The third kappa shape index (κ3) is 2.46. The summed E-state index contributed by atoms with van der Waals surface area (Å²) in [7, 11) is 0. The van der Waals surface area contributed by atoms with E-state index in [0.717, 1.165) is 0 Å². The Morgan fingerprint density at radius 3 is 2.62 bits per heavy atom. The molecule has 1 saturated heterocycles. The van der Waals surface area contributed by atoms with Crippen LogP contribution in [0, 0.1) is 11.7 Å². The first kappa shape index (κ1) is 13.9. The quantitative estimate of drug-likeness (QED) is 0.910. The molecule has 6 heteroatoms. The molecule has 112 valence electrons. The first-order valence-corrected chi connectivity index (χ1v) is 6.99. The standard InChI is InChI=1S/C15H16FNO4/c16-11-3-1-2-4-12(11)17-9-15(21-14(17)20)7-5-10(6-8-15)13(18)19/h1-4,10H,5-9H2,(H,18,19). The van der Waals surface area contributed by atoms with Crippen LogP contribution in [0.5, 0.6) is 0 Å². The molecule has 1 aliphatic heterocycles. The Balaban J connectivity index is 1.77. The summed E-state index contributed by atoms with van der Waals surface area (Å²) in [6.07, 6.45) is 1.40. The molecule has 2 fully saturated rings. The molecule has 3 rings (SSSR count). The Hall–Kier alpha value is -2.11. The second-order valence-electron chi connectivity index (χ2n) is 5.70.